The SMILES string of the molecule is CC(C)(C)OC(=O)N[C@H]1CN([C@@H](C(=O)OC(c2ccccc2)c2ccccc2)c2ccc(O)cc2)C1=O. The predicted molar refractivity (Wildman–Crippen MR) is 137 cm³/mol. The van der Waals surface area contributed by atoms with Crippen LogP contribution >= 0.6 is 0 Å². The van der Waals surface area contributed by atoms with Crippen LogP contribution in [0.3, 0.4) is 0 Å². The molecule has 0 aromatic heterocycles. The lowest BCUT2D eigenvalue weighted by Crippen LogP contribution is -2.65. The van der Waals surface area contributed by atoms with E-state index in [0.29, 0.717) is 5.56 Å². The van der Waals surface area contributed by atoms with Crippen LogP contribution in [0, 0.1) is 0 Å². The highest BCUT2D eigenvalue weighted by molar-refractivity contribution is 5.95. The Morgan fingerprint density at radius 3 is 1.92 bits per heavy atom. The first-order valence-corrected chi connectivity index (χ1v) is 12.0. The molecule has 2 N–H and O–H groups in total. The number of aromatic hydroxyl groups is 1. The number of hydrogen-bond acceptors (Lipinski definition) is 6. The molecule has 0 spiro atoms. The fraction of sp³-hybridized carbons (Fsp3) is 0.276. The maximum absolute atomic E-state index is 13.7. The summed E-state index contributed by atoms with van der Waals surface area (Å²) in [7, 11) is 0. The molecule has 0 bridgehead atoms. The second-order valence-electron chi connectivity index (χ2n) is 9.82. The van der Waals surface area contributed by atoms with E-state index in [1.807, 2.05) is 60.7 Å². The van der Waals surface area contributed by atoms with Gasteiger partial charge in [-0.15, -0.1) is 0 Å². The van der Waals surface area contributed by atoms with E-state index in [0.717, 1.165) is 11.1 Å². The molecule has 1 saturated heterocycles. The van der Waals surface area contributed by atoms with Crippen LogP contribution in [0.4, 0.5) is 4.79 Å². The quantitative estimate of drug-likeness (QED) is 0.364. The molecule has 8 heteroatoms. The number of carbonyl (C=O) groups is 3. The third-order valence-corrected chi connectivity index (χ3v) is 5.83. The molecule has 1 aliphatic heterocycles. The van der Waals surface area contributed by atoms with Crippen molar-refractivity contribution >= 4 is 18.0 Å². The number of phenols is 1. The summed E-state index contributed by atoms with van der Waals surface area (Å²) in [5.74, 6) is -1.04. The summed E-state index contributed by atoms with van der Waals surface area (Å²) >= 11 is 0. The molecule has 1 fully saturated rings. The van der Waals surface area contributed by atoms with Gasteiger partial charge < -0.3 is 24.8 Å². The minimum absolute atomic E-state index is 0.0294. The van der Waals surface area contributed by atoms with Crippen LogP contribution in [-0.2, 0) is 19.1 Å². The number of alkyl carbamates (subject to hydrolysis) is 1. The molecule has 3 aromatic carbocycles. The Morgan fingerprint density at radius 2 is 1.43 bits per heavy atom. The second kappa shape index (κ2) is 10.7. The monoisotopic (exact) mass is 502 g/mol. The molecule has 2 atom stereocenters. The van der Waals surface area contributed by atoms with Crippen LogP contribution in [0.5, 0.6) is 5.75 Å². The van der Waals surface area contributed by atoms with Crippen molar-refractivity contribution in [3.8, 4) is 5.75 Å². The zero-order valence-corrected chi connectivity index (χ0v) is 21.0. The van der Waals surface area contributed by atoms with Crippen molar-refractivity contribution in [1.82, 2.24) is 10.2 Å². The normalized spacial score (nSPS) is 16.1. The molecule has 0 aliphatic carbocycles. The first kappa shape index (κ1) is 25.8. The van der Waals surface area contributed by atoms with Crippen molar-refractivity contribution in [2.24, 2.45) is 0 Å². The number of ether oxygens (including phenoxy) is 2. The number of benzene rings is 3. The number of hydrogen-bond donors (Lipinski definition) is 2. The fourth-order valence-corrected chi connectivity index (χ4v) is 4.11. The van der Waals surface area contributed by atoms with Gasteiger partial charge >= 0.3 is 12.1 Å². The van der Waals surface area contributed by atoms with Gasteiger partial charge in [0.2, 0.25) is 5.91 Å². The number of amides is 2. The lowest BCUT2D eigenvalue weighted by molar-refractivity contribution is -0.165. The smallest absolute Gasteiger partial charge is 0.408 e. The van der Waals surface area contributed by atoms with Gasteiger partial charge in [-0.25, -0.2) is 9.59 Å². The zero-order chi connectivity index (χ0) is 26.6. The van der Waals surface area contributed by atoms with E-state index in [1.165, 1.54) is 17.0 Å². The molecule has 1 heterocycles. The molecule has 192 valence electrons. The number of nitrogens with zero attached hydrogens (tertiary/aromatic N) is 1. The molecule has 0 radical (unpaired) electrons. The van der Waals surface area contributed by atoms with E-state index in [4.69, 9.17) is 9.47 Å². The Balaban J connectivity index is 1.58. The number of β-lactam (4-membered cyclic amide) rings is 1. The molecular weight excluding hydrogens is 472 g/mol. The van der Waals surface area contributed by atoms with Crippen molar-refractivity contribution < 1.29 is 29.0 Å². The van der Waals surface area contributed by atoms with E-state index in [1.54, 1.807) is 32.9 Å². The van der Waals surface area contributed by atoms with Crippen LogP contribution in [-0.4, -0.2) is 46.2 Å². The number of esters is 1. The predicted octanol–water partition coefficient (Wildman–Crippen LogP) is 4.50. The summed E-state index contributed by atoms with van der Waals surface area (Å²) < 4.78 is 11.3. The molecule has 2 amide bonds. The van der Waals surface area contributed by atoms with Gasteiger partial charge in [-0.2, -0.15) is 0 Å². The summed E-state index contributed by atoms with van der Waals surface area (Å²) in [5, 5.41) is 12.3. The lowest BCUT2D eigenvalue weighted by Gasteiger charge is -2.43. The van der Waals surface area contributed by atoms with Crippen molar-refractivity contribution in [3.63, 3.8) is 0 Å². The standard InChI is InChI=1S/C29H30N2O6/c1-29(2,3)37-28(35)30-23-18-31(26(23)33)24(19-14-16-22(32)17-15-19)27(34)36-25(20-10-6-4-7-11-20)21-12-8-5-9-13-21/h4-17,23-25,32H,18H2,1-3H3,(H,30,35)/t23-,24+/m0/s1. The minimum Gasteiger partial charge on any atom is -0.508 e. The number of nitrogens with one attached hydrogen (secondary N) is 1. The molecule has 3 aromatic rings. The summed E-state index contributed by atoms with van der Waals surface area (Å²) in [6, 6.07) is 22.8. The van der Waals surface area contributed by atoms with Gasteiger partial charge in [0.05, 0.1) is 6.54 Å². The largest absolute Gasteiger partial charge is 0.508 e. The van der Waals surface area contributed by atoms with Crippen LogP contribution in [0.15, 0.2) is 84.9 Å². The summed E-state index contributed by atoms with van der Waals surface area (Å²) in [6.07, 6.45) is -1.40. The van der Waals surface area contributed by atoms with E-state index in [2.05, 4.69) is 5.32 Å². The number of carbonyl (C=O) groups excluding carboxylic acids is 3. The average molecular weight is 503 g/mol. The molecule has 37 heavy (non-hydrogen) atoms. The third-order valence-electron chi connectivity index (χ3n) is 5.83. The molecule has 0 saturated carbocycles. The Hall–Kier alpha value is -4.33. The fourth-order valence-electron chi connectivity index (χ4n) is 4.11. The van der Waals surface area contributed by atoms with Crippen LogP contribution in [0.25, 0.3) is 0 Å². The minimum atomic E-state index is -1.07. The van der Waals surface area contributed by atoms with Crippen molar-refractivity contribution in [1.29, 1.82) is 0 Å². The Labute approximate surface area is 215 Å². The molecule has 1 aliphatic rings. The van der Waals surface area contributed by atoms with E-state index >= 15 is 0 Å². The summed E-state index contributed by atoms with van der Waals surface area (Å²) in [6.45, 7) is 5.29. The third kappa shape index (κ3) is 6.27. The molecular formula is C29H30N2O6. The Bertz CT molecular complexity index is 1200. The zero-order valence-electron chi connectivity index (χ0n) is 21.0. The van der Waals surface area contributed by atoms with Gasteiger partial charge in [0.25, 0.3) is 0 Å². The molecule has 4 rings (SSSR count). The summed E-state index contributed by atoms with van der Waals surface area (Å²) in [5.41, 5.74) is 1.34. The van der Waals surface area contributed by atoms with Crippen LogP contribution < -0.4 is 5.32 Å². The van der Waals surface area contributed by atoms with Gasteiger partial charge in [-0.3, -0.25) is 4.79 Å². The Kier molecular flexibility index (Phi) is 7.47. The van der Waals surface area contributed by atoms with Gasteiger partial charge in [0.1, 0.15) is 17.4 Å². The van der Waals surface area contributed by atoms with Gasteiger partial charge in [0, 0.05) is 0 Å². The van der Waals surface area contributed by atoms with Crippen LogP contribution in [0.2, 0.25) is 0 Å². The van der Waals surface area contributed by atoms with E-state index in [-0.39, 0.29) is 12.3 Å². The maximum atomic E-state index is 13.7. The lowest BCUT2D eigenvalue weighted by atomic mass is 9.97. The number of likely N-dealkylation sites (tertiary alicyclic amines) is 1. The average Bonchev–Trinajstić information content (AvgIpc) is 2.87. The second-order valence-corrected chi connectivity index (χ2v) is 9.82. The first-order valence-electron chi connectivity index (χ1n) is 12.0. The highest BCUT2D eigenvalue weighted by Crippen LogP contribution is 2.33. The number of phenolic OH excluding ortho intramolecular Hbond substituents is 1. The maximum Gasteiger partial charge on any atom is 0.408 e. The van der Waals surface area contributed by atoms with Gasteiger partial charge in [0.15, 0.2) is 12.1 Å². The first-order chi connectivity index (χ1) is 17.6. The highest BCUT2D eigenvalue weighted by Gasteiger charge is 2.46. The van der Waals surface area contributed by atoms with E-state index < -0.39 is 41.8 Å². The number of rotatable bonds is 7. The van der Waals surface area contributed by atoms with Crippen molar-refractivity contribution in [2.45, 2.75) is 44.6 Å². The van der Waals surface area contributed by atoms with Crippen molar-refractivity contribution in [2.75, 3.05) is 6.54 Å². The van der Waals surface area contributed by atoms with Gasteiger partial charge in [-0.05, 0) is 49.6 Å². The van der Waals surface area contributed by atoms with Gasteiger partial charge in [-0.1, -0.05) is 72.8 Å². The van der Waals surface area contributed by atoms with Crippen molar-refractivity contribution in [3.05, 3.63) is 102 Å². The molecule has 0 unspecified atom stereocenters. The van der Waals surface area contributed by atoms with Crippen LogP contribution in [0.1, 0.15) is 49.6 Å². The van der Waals surface area contributed by atoms with E-state index in [9.17, 15) is 19.5 Å². The molecule has 8 nitrogen and oxygen atoms in total. The Morgan fingerprint density at radius 1 is 0.892 bits per heavy atom. The summed E-state index contributed by atoms with van der Waals surface area (Å²) in [4.78, 5) is 40.3. The topological polar surface area (TPSA) is 105 Å². The highest BCUT2D eigenvalue weighted by atomic mass is 16.6.